The van der Waals surface area contributed by atoms with Crippen LogP contribution in [0.3, 0.4) is 0 Å². The zero-order valence-corrected chi connectivity index (χ0v) is 10.8. The molecule has 3 N–H and O–H groups in total. The number of aliphatic hydroxyl groups is 1. The average Bonchev–Trinajstić information content (AvgIpc) is 2.61. The van der Waals surface area contributed by atoms with Gasteiger partial charge in [0.15, 0.2) is 0 Å². The summed E-state index contributed by atoms with van der Waals surface area (Å²) in [5, 5.41) is 9.68. The number of nitrogens with two attached hydrogens (primary N) is 1. The second-order valence-electron chi connectivity index (χ2n) is 4.46. The number of nitrogen functional groups attached to an aromatic ring is 1. The van der Waals surface area contributed by atoms with E-state index in [2.05, 4.69) is 9.55 Å². The van der Waals surface area contributed by atoms with E-state index in [1.807, 2.05) is 25.1 Å². The Hall–Kier alpha value is -1.59. The highest BCUT2D eigenvalue weighted by Gasteiger charge is 2.10. The van der Waals surface area contributed by atoms with Gasteiger partial charge in [0.2, 0.25) is 0 Å². The maximum absolute atomic E-state index is 9.68. The van der Waals surface area contributed by atoms with Gasteiger partial charge in [-0.05, 0) is 31.5 Å². The fourth-order valence-electron chi connectivity index (χ4n) is 2.10. The van der Waals surface area contributed by atoms with E-state index in [-0.39, 0.29) is 0 Å². The molecule has 2 aromatic rings. The van der Waals surface area contributed by atoms with E-state index in [1.54, 1.807) is 7.11 Å². The fourth-order valence-corrected chi connectivity index (χ4v) is 2.10. The number of hydrogen-bond acceptors (Lipinski definition) is 4. The highest BCUT2D eigenvalue weighted by Crippen LogP contribution is 2.19. The van der Waals surface area contributed by atoms with Gasteiger partial charge < -0.3 is 20.1 Å². The van der Waals surface area contributed by atoms with E-state index in [0.717, 1.165) is 23.4 Å². The smallest absolute Gasteiger partial charge is 0.106 e. The summed E-state index contributed by atoms with van der Waals surface area (Å²) in [5.74, 6) is 0.931. The van der Waals surface area contributed by atoms with E-state index in [9.17, 15) is 5.11 Å². The third-order valence-electron chi connectivity index (χ3n) is 3.01. The van der Waals surface area contributed by atoms with Crippen molar-refractivity contribution in [2.75, 3.05) is 19.5 Å². The maximum Gasteiger partial charge on any atom is 0.106 e. The second kappa shape index (κ2) is 5.37. The number of nitrogens with zero attached hydrogens (tertiary/aromatic N) is 2. The van der Waals surface area contributed by atoms with Crippen molar-refractivity contribution < 1.29 is 9.84 Å². The Morgan fingerprint density at radius 1 is 1.50 bits per heavy atom. The van der Waals surface area contributed by atoms with Gasteiger partial charge in [0.1, 0.15) is 5.82 Å². The molecule has 5 nitrogen and oxygen atoms in total. The van der Waals surface area contributed by atoms with Gasteiger partial charge in [0, 0.05) is 19.3 Å². The number of benzene rings is 1. The molecule has 0 aliphatic carbocycles. The van der Waals surface area contributed by atoms with Crippen LogP contribution in [0.25, 0.3) is 11.0 Å². The zero-order valence-electron chi connectivity index (χ0n) is 10.8. The van der Waals surface area contributed by atoms with Crippen LogP contribution in [0.1, 0.15) is 12.2 Å². The lowest BCUT2D eigenvalue weighted by Crippen LogP contribution is -2.17. The van der Waals surface area contributed by atoms with Crippen molar-refractivity contribution in [3.8, 4) is 0 Å². The molecule has 0 bridgehead atoms. The highest BCUT2D eigenvalue weighted by molar-refractivity contribution is 5.79. The number of aryl methyl sites for hydroxylation is 2. The average molecular weight is 249 g/mol. The molecule has 0 spiro atoms. The van der Waals surface area contributed by atoms with Gasteiger partial charge >= 0.3 is 0 Å². The molecule has 0 saturated carbocycles. The van der Waals surface area contributed by atoms with Gasteiger partial charge in [-0.2, -0.15) is 0 Å². The number of aromatic nitrogens is 2. The SMILES string of the molecule is COCC(O)CCn1c(C)nc2cc(N)ccc21. The van der Waals surface area contributed by atoms with Crippen molar-refractivity contribution in [1.29, 1.82) is 0 Å². The molecule has 5 heteroatoms. The molecule has 2 rings (SSSR count). The van der Waals surface area contributed by atoms with Crippen LogP contribution in [-0.2, 0) is 11.3 Å². The van der Waals surface area contributed by atoms with Crippen molar-refractivity contribution in [3.05, 3.63) is 24.0 Å². The van der Waals surface area contributed by atoms with E-state index in [1.165, 1.54) is 0 Å². The van der Waals surface area contributed by atoms with Crippen molar-refractivity contribution in [2.45, 2.75) is 26.0 Å². The summed E-state index contributed by atoms with van der Waals surface area (Å²) in [6.07, 6.45) is 0.200. The number of aliphatic hydroxyl groups excluding tert-OH is 1. The molecule has 1 heterocycles. The molecule has 0 aliphatic heterocycles. The standard InChI is InChI=1S/C13H19N3O2/c1-9-15-12-7-10(14)3-4-13(12)16(9)6-5-11(17)8-18-2/h3-4,7,11,17H,5-6,8,14H2,1-2H3. The summed E-state index contributed by atoms with van der Waals surface area (Å²) >= 11 is 0. The first-order chi connectivity index (χ1) is 8.61. The van der Waals surface area contributed by atoms with Crippen LogP contribution in [0.15, 0.2) is 18.2 Å². The lowest BCUT2D eigenvalue weighted by atomic mass is 10.2. The van der Waals surface area contributed by atoms with E-state index in [0.29, 0.717) is 18.7 Å². The molecule has 0 amide bonds. The first kappa shape index (κ1) is 12.9. The number of anilines is 1. The number of fused-ring (bicyclic) bond motifs is 1. The third-order valence-corrected chi connectivity index (χ3v) is 3.01. The van der Waals surface area contributed by atoms with Crippen LogP contribution < -0.4 is 5.73 Å². The van der Waals surface area contributed by atoms with E-state index < -0.39 is 6.10 Å². The minimum atomic E-state index is -0.444. The largest absolute Gasteiger partial charge is 0.399 e. The minimum Gasteiger partial charge on any atom is -0.399 e. The predicted octanol–water partition coefficient (Wildman–Crippen LogP) is 1.32. The Morgan fingerprint density at radius 2 is 2.28 bits per heavy atom. The van der Waals surface area contributed by atoms with Gasteiger partial charge in [0.25, 0.3) is 0 Å². The molecule has 1 atom stereocenters. The van der Waals surface area contributed by atoms with Gasteiger partial charge in [-0.3, -0.25) is 0 Å². The number of hydrogen-bond donors (Lipinski definition) is 2. The van der Waals surface area contributed by atoms with E-state index in [4.69, 9.17) is 10.5 Å². The quantitative estimate of drug-likeness (QED) is 0.784. The van der Waals surface area contributed by atoms with Crippen molar-refractivity contribution in [1.82, 2.24) is 9.55 Å². The Morgan fingerprint density at radius 3 is 3.00 bits per heavy atom. The van der Waals surface area contributed by atoms with E-state index >= 15 is 0 Å². The minimum absolute atomic E-state index is 0.360. The Bertz CT molecular complexity index is 536. The van der Waals surface area contributed by atoms with Crippen LogP contribution in [-0.4, -0.2) is 34.5 Å². The molecular formula is C13H19N3O2. The summed E-state index contributed by atoms with van der Waals surface area (Å²) < 4.78 is 7.01. The van der Waals surface area contributed by atoms with Crippen LogP contribution in [0, 0.1) is 6.92 Å². The lowest BCUT2D eigenvalue weighted by molar-refractivity contribution is 0.0566. The van der Waals surface area contributed by atoms with Crippen LogP contribution in [0.4, 0.5) is 5.69 Å². The number of rotatable bonds is 5. The Balaban J connectivity index is 2.20. The second-order valence-corrected chi connectivity index (χ2v) is 4.46. The van der Waals surface area contributed by atoms with Gasteiger partial charge in [0.05, 0.1) is 23.7 Å². The molecule has 98 valence electrons. The summed E-state index contributed by atoms with van der Waals surface area (Å²) in [6, 6.07) is 5.70. The van der Waals surface area contributed by atoms with Crippen LogP contribution in [0.5, 0.6) is 0 Å². The normalized spacial score (nSPS) is 13.1. The fraction of sp³-hybridized carbons (Fsp3) is 0.462. The van der Waals surface area contributed by atoms with Crippen LogP contribution >= 0.6 is 0 Å². The molecule has 18 heavy (non-hydrogen) atoms. The lowest BCUT2D eigenvalue weighted by Gasteiger charge is -2.11. The first-order valence-electron chi connectivity index (χ1n) is 6.01. The summed E-state index contributed by atoms with van der Waals surface area (Å²) in [6.45, 7) is 3.04. The number of ether oxygens (including phenoxy) is 1. The van der Waals surface area contributed by atoms with Crippen molar-refractivity contribution in [3.63, 3.8) is 0 Å². The van der Waals surface area contributed by atoms with Crippen molar-refractivity contribution in [2.24, 2.45) is 0 Å². The molecular weight excluding hydrogens is 230 g/mol. The molecule has 0 radical (unpaired) electrons. The molecule has 1 aromatic heterocycles. The predicted molar refractivity (Wildman–Crippen MR) is 71.4 cm³/mol. The zero-order chi connectivity index (χ0) is 13.1. The molecule has 0 saturated heterocycles. The van der Waals surface area contributed by atoms with Gasteiger partial charge in [-0.25, -0.2) is 4.98 Å². The third kappa shape index (κ3) is 2.63. The maximum atomic E-state index is 9.68. The Labute approximate surface area is 106 Å². The highest BCUT2D eigenvalue weighted by atomic mass is 16.5. The Kier molecular flexibility index (Phi) is 3.84. The molecule has 0 aliphatic rings. The van der Waals surface area contributed by atoms with Crippen molar-refractivity contribution >= 4 is 16.7 Å². The number of imidazole rings is 1. The number of methoxy groups -OCH3 is 1. The first-order valence-corrected chi connectivity index (χ1v) is 6.01. The molecule has 1 aromatic carbocycles. The van der Waals surface area contributed by atoms with Gasteiger partial charge in [-0.1, -0.05) is 0 Å². The van der Waals surface area contributed by atoms with Crippen LogP contribution in [0.2, 0.25) is 0 Å². The monoisotopic (exact) mass is 249 g/mol. The van der Waals surface area contributed by atoms with Gasteiger partial charge in [-0.15, -0.1) is 0 Å². The molecule has 0 fully saturated rings. The summed E-state index contributed by atoms with van der Waals surface area (Å²) in [5.41, 5.74) is 8.40. The summed E-state index contributed by atoms with van der Waals surface area (Å²) in [4.78, 5) is 4.47. The summed E-state index contributed by atoms with van der Waals surface area (Å²) in [7, 11) is 1.59. The molecule has 1 unspecified atom stereocenters. The topological polar surface area (TPSA) is 73.3 Å².